The summed E-state index contributed by atoms with van der Waals surface area (Å²) < 4.78 is 5.96. The number of β-amino-alcohol motifs (C(OH)–C–C–N with tert-alkyl or cyclic N) is 1. The van der Waals surface area contributed by atoms with Gasteiger partial charge in [-0.2, -0.15) is 0 Å². The predicted octanol–water partition coefficient (Wildman–Crippen LogP) is 3.39. The molecule has 4 aliphatic rings. The van der Waals surface area contributed by atoms with Crippen LogP contribution in [-0.4, -0.2) is 36.5 Å². The van der Waals surface area contributed by atoms with Crippen molar-refractivity contribution in [3.63, 3.8) is 0 Å². The SMILES string of the molecule is CC(C)(C)NCC(O)COCC12CC3CC(CC(C3)C1)C2.Cl. The smallest absolute Gasteiger partial charge is 0.0897 e. The van der Waals surface area contributed by atoms with Gasteiger partial charge in [0.05, 0.1) is 19.3 Å². The van der Waals surface area contributed by atoms with E-state index in [0.29, 0.717) is 18.6 Å². The zero-order chi connectivity index (χ0) is 15.1. The highest BCUT2D eigenvalue weighted by molar-refractivity contribution is 5.85. The van der Waals surface area contributed by atoms with Gasteiger partial charge in [-0.15, -0.1) is 12.4 Å². The Morgan fingerprint density at radius 1 is 1.09 bits per heavy atom. The minimum Gasteiger partial charge on any atom is -0.389 e. The third-order valence-electron chi connectivity index (χ3n) is 5.75. The van der Waals surface area contributed by atoms with Crippen LogP contribution in [0.5, 0.6) is 0 Å². The summed E-state index contributed by atoms with van der Waals surface area (Å²) in [4.78, 5) is 0. The van der Waals surface area contributed by atoms with Gasteiger partial charge in [0.15, 0.2) is 0 Å². The Morgan fingerprint density at radius 2 is 1.59 bits per heavy atom. The summed E-state index contributed by atoms with van der Waals surface area (Å²) in [5, 5.41) is 13.4. The summed E-state index contributed by atoms with van der Waals surface area (Å²) in [5.74, 6) is 2.94. The maximum atomic E-state index is 10.0. The maximum absolute atomic E-state index is 10.0. The van der Waals surface area contributed by atoms with E-state index in [4.69, 9.17) is 4.74 Å². The standard InChI is InChI=1S/C18H33NO2.ClH/c1-17(2,3)19-10-16(20)11-21-12-18-7-13-4-14(8-18)6-15(5-13)9-18;/h13-16,19-20H,4-12H2,1-3H3;1H. The zero-order valence-electron chi connectivity index (χ0n) is 14.4. The second kappa shape index (κ2) is 6.96. The molecule has 4 aliphatic carbocycles. The Kier molecular flexibility index (Phi) is 5.86. The highest BCUT2D eigenvalue weighted by Crippen LogP contribution is 2.59. The number of nitrogens with one attached hydrogen (secondary N) is 1. The molecule has 3 nitrogen and oxygen atoms in total. The molecule has 4 saturated carbocycles. The van der Waals surface area contributed by atoms with Crippen LogP contribution in [-0.2, 0) is 4.74 Å². The van der Waals surface area contributed by atoms with Crippen LogP contribution in [0, 0.1) is 23.2 Å². The van der Waals surface area contributed by atoms with Crippen molar-refractivity contribution in [1.82, 2.24) is 5.32 Å². The van der Waals surface area contributed by atoms with Gasteiger partial charge in [-0.3, -0.25) is 0 Å². The predicted molar refractivity (Wildman–Crippen MR) is 92.4 cm³/mol. The molecule has 0 saturated heterocycles. The Hall–Kier alpha value is 0.170. The fourth-order valence-corrected chi connectivity index (χ4v) is 5.36. The van der Waals surface area contributed by atoms with Crippen LogP contribution >= 0.6 is 12.4 Å². The lowest BCUT2D eigenvalue weighted by Gasteiger charge is -2.56. The van der Waals surface area contributed by atoms with Gasteiger partial charge in [0.25, 0.3) is 0 Å². The Balaban J connectivity index is 0.00000176. The number of hydrogen-bond donors (Lipinski definition) is 2. The summed E-state index contributed by atoms with van der Waals surface area (Å²) in [7, 11) is 0. The molecule has 1 atom stereocenters. The van der Waals surface area contributed by atoms with Crippen molar-refractivity contribution >= 4 is 12.4 Å². The third-order valence-corrected chi connectivity index (χ3v) is 5.75. The molecule has 22 heavy (non-hydrogen) atoms. The lowest BCUT2D eigenvalue weighted by molar-refractivity contribution is -0.105. The van der Waals surface area contributed by atoms with Crippen molar-refractivity contribution in [1.29, 1.82) is 0 Å². The molecular weight excluding hydrogens is 298 g/mol. The number of aliphatic hydroxyl groups excluding tert-OH is 1. The van der Waals surface area contributed by atoms with E-state index in [0.717, 1.165) is 24.4 Å². The molecule has 0 aliphatic heterocycles. The lowest BCUT2D eigenvalue weighted by Crippen LogP contribution is -2.48. The molecule has 4 heteroatoms. The second-order valence-corrected chi connectivity index (χ2v) is 9.22. The van der Waals surface area contributed by atoms with Crippen LogP contribution in [0.4, 0.5) is 0 Å². The summed E-state index contributed by atoms with van der Waals surface area (Å²) in [5.41, 5.74) is 0.521. The van der Waals surface area contributed by atoms with Crippen molar-refractivity contribution in [3.8, 4) is 0 Å². The molecule has 0 aromatic rings. The third kappa shape index (κ3) is 4.59. The topological polar surface area (TPSA) is 41.5 Å². The van der Waals surface area contributed by atoms with Crippen LogP contribution in [0.15, 0.2) is 0 Å². The summed E-state index contributed by atoms with van der Waals surface area (Å²) in [6, 6.07) is 0. The Labute approximate surface area is 142 Å². The van der Waals surface area contributed by atoms with Gasteiger partial charge in [-0.05, 0) is 82.5 Å². The monoisotopic (exact) mass is 331 g/mol. The number of rotatable bonds is 6. The van der Waals surface area contributed by atoms with Crippen molar-refractivity contribution < 1.29 is 9.84 Å². The van der Waals surface area contributed by atoms with E-state index in [1.54, 1.807) is 0 Å². The van der Waals surface area contributed by atoms with E-state index < -0.39 is 6.10 Å². The van der Waals surface area contributed by atoms with Gasteiger partial charge >= 0.3 is 0 Å². The molecule has 2 N–H and O–H groups in total. The molecule has 0 heterocycles. The lowest BCUT2D eigenvalue weighted by atomic mass is 9.50. The van der Waals surface area contributed by atoms with Gasteiger partial charge in [-0.25, -0.2) is 0 Å². The second-order valence-electron chi connectivity index (χ2n) is 9.22. The first-order chi connectivity index (χ1) is 9.84. The first kappa shape index (κ1) is 18.5. The van der Waals surface area contributed by atoms with E-state index in [-0.39, 0.29) is 17.9 Å². The fourth-order valence-electron chi connectivity index (χ4n) is 5.36. The fraction of sp³-hybridized carbons (Fsp3) is 1.00. The zero-order valence-corrected chi connectivity index (χ0v) is 15.3. The van der Waals surface area contributed by atoms with Gasteiger partial charge in [0.1, 0.15) is 0 Å². The van der Waals surface area contributed by atoms with Crippen LogP contribution in [0.1, 0.15) is 59.3 Å². The maximum Gasteiger partial charge on any atom is 0.0897 e. The Morgan fingerprint density at radius 3 is 2.05 bits per heavy atom. The minimum atomic E-state index is -0.391. The first-order valence-corrected chi connectivity index (χ1v) is 8.84. The first-order valence-electron chi connectivity index (χ1n) is 8.84. The molecule has 0 aromatic heterocycles. The number of halogens is 1. The highest BCUT2D eigenvalue weighted by Gasteiger charge is 2.50. The van der Waals surface area contributed by atoms with Crippen molar-refractivity contribution in [2.45, 2.75) is 70.9 Å². The average molecular weight is 332 g/mol. The summed E-state index contributed by atoms with van der Waals surface area (Å²) >= 11 is 0. The quantitative estimate of drug-likeness (QED) is 0.784. The molecule has 130 valence electrons. The molecule has 0 amide bonds. The summed E-state index contributed by atoms with van der Waals surface area (Å²) in [6.07, 6.45) is 8.21. The molecule has 0 aromatic carbocycles. The number of aliphatic hydroxyl groups is 1. The Bertz CT molecular complexity index is 331. The van der Waals surface area contributed by atoms with Crippen molar-refractivity contribution in [2.24, 2.45) is 23.2 Å². The van der Waals surface area contributed by atoms with Gasteiger partial charge < -0.3 is 15.2 Å². The number of hydrogen-bond acceptors (Lipinski definition) is 3. The van der Waals surface area contributed by atoms with Gasteiger partial charge in [-0.1, -0.05) is 0 Å². The summed E-state index contributed by atoms with van der Waals surface area (Å²) in [6.45, 7) is 8.33. The van der Waals surface area contributed by atoms with E-state index in [9.17, 15) is 5.11 Å². The molecule has 0 spiro atoms. The minimum absolute atomic E-state index is 0. The van der Waals surface area contributed by atoms with Crippen LogP contribution in [0.3, 0.4) is 0 Å². The van der Waals surface area contributed by atoms with E-state index in [1.165, 1.54) is 38.5 Å². The molecule has 0 radical (unpaired) electrons. The van der Waals surface area contributed by atoms with Crippen LogP contribution in [0.2, 0.25) is 0 Å². The van der Waals surface area contributed by atoms with Gasteiger partial charge in [0, 0.05) is 12.1 Å². The normalized spacial score (nSPS) is 37.9. The number of ether oxygens (including phenoxy) is 1. The van der Waals surface area contributed by atoms with E-state index >= 15 is 0 Å². The largest absolute Gasteiger partial charge is 0.389 e. The van der Waals surface area contributed by atoms with E-state index in [1.807, 2.05) is 0 Å². The van der Waals surface area contributed by atoms with Crippen molar-refractivity contribution in [2.75, 3.05) is 19.8 Å². The molecule has 1 unspecified atom stereocenters. The molecular formula is C18H34ClNO2. The molecule has 4 rings (SSSR count). The molecule has 4 bridgehead atoms. The highest BCUT2D eigenvalue weighted by atomic mass is 35.5. The van der Waals surface area contributed by atoms with Crippen LogP contribution < -0.4 is 5.32 Å². The molecule has 4 fully saturated rings. The average Bonchev–Trinajstić information content (AvgIpc) is 2.33. The van der Waals surface area contributed by atoms with Crippen LogP contribution in [0.25, 0.3) is 0 Å². The van der Waals surface area contributed by atoms with Gasteiger partial charge in [0.2, 0.25) is 0 Å². The van der Waals surface area contributed by atoms with Crippen molar-refractivity contribution in [3.05, 3.63) is 0 Å². The van der Waals surface area contributed by atoms with E-state index in [2.05, 4.69) is 26.1 Å².